The number of sulfone groups is 1. The molecule has 1 N–H and O–H groups in total. The van der Waals surface area contributed by atoms with Gasteiger partial charge in [-0.15, -0.1) is 0 Å². The molecule has 0 bridgehead atoms. The summed E-state index contributed by atoms with van der Waals surface area (Å²) in [7, 11) is -3.50. The van der Waals surface area contributed by atoms with Crippen LogP contribution in [0.15, 0.2) is 22.3 Å². The summed E-state index contributed by atoms with van der Waals surface area (Å²) >= 11 is 0. The number of fused-ring (bicyclic) bond motifs is 1. The third-order valence-corrected chi connectivity index (χ3v) is 6.80. The second-order valence-corrected chi connectivity index (χ2v) is 9.40. The molecule has 1 aromatic heterocycles. The smallest absolute Gasteiger partial charge is 0.220 e. The third kappa shape index (κ3) is 3.66. The lowest BCUT2D eigenvalue weighted by Crippen LogP contribution is -2.26. The molecule has 0 amide bonds. The van der Waals surface area contributed by atoms with Gasteiger partial charge in [0.15, 0.2) is 15.6 Å². The number of hydrogen-bond donors (Lipinski definition) is 1. The summed E-state index contributed by atoms with van der Waals surface area (Å²) in [5.74, 6) is -0.688. The van der Waals surface area contributed by atoms with Gasteiger partial charge in [-0.1, -0.05) is 5.16 Å². The first-order valence-corrected chi connectivity index (χ1v) is 11.1. The van der Waals surface area contributed by atoms with Crippen LogP contribution in [0.1, 0.15) is 59.8 Å². The predicted octanol–water partition coefficient (Wildman–Crippen LogP) is 2.76. The van der Waals surface area contributed by atoms with E-state index in [2.05, 4.69) is 10.3 Å². The summed E-state index contributed by atoms with van der Waals surface area (Å²) in [4.78, 5) is 18.7. The maximum atomic E-state index is 13.2. The van der Waals surface area contributed by atoms with E-state index in [1.807, 2.05) is 13.8 Å². The van der Waals surface area contributed by atoms with E-state index in [0.717, 1.165) is 0 Å². The van der Waals surface area contributed by atoms with Gasteiger partial charge >= 0.3 is 0 Å². The van der Waals surface area contributed by atoms with E-state index in [4.69, 9.17) is 4.84 Å². The van der Waals surface area contributed by atoms with Crippen molar-refractivity contribution in [3.63, 3.8) is 0 Å². The zero-order valence-electron chi connectivity index (χ0n) is 17.2. The summed E-state index contributed by atoms with van der Waals surface area (Å²) in [6.45, 7) is 9.24. The van der Waals surface area contributed by atoms with Gasteiger partial charge in [-0.05, 0) is 51.8 Å². The molecule has 1 aromatic carbocycles. The molecule has 0 radical (unpaired) electrons. The van der Waals surface area contributed by atoms with Crippen molar-refractivity contribution in [1.82, 2.24) is 9.78 Å². The highest BCUT2D eigenvalue weighted by molar-refractivity contribution is 7.91. The summed E-state index contributed by atoms with van der Waals surface area (Å²) in [6, 6.07) is 1.56. The van der Waals surface area contributed by atoms with Crippen LogP contribution in [-0.4, -0.2) is 46.7 Å². The number of benzene rings is 1. The molecule has 8 nitrogen and oxygen atoms in total. The fourth-order valence-electron chi connectivity index (χ4n) is 3.51. The zero-order valence-corrected chi connectivity index (χ0v) is 18.0. The van der Waals surface area contributed by atoms with Crippen LogP contribution in [0.4, 0.5) is 0 Å². The Bertz CT molecular complexity index is 1110. The molecule has 3 rings (SSSR count). The summed E-state index contributed by atoms with van der Waals surface area (Å²) < 4.78 is 26.8. The number of aromatic hydroxyl groups is 1. The Morgan fingerprint density at radius 2 is 2.03 bits per heavy atom. The molecule has 0 aliphatic carbocycles. The third-order valence-electron chi connectivity index (χ3n) is 4.91. The minimum Gasteiger partial charge on any atom is -0.493 e. The Kier molecular flexibility index (Phi) is 5.53. The molecule has 1 aliphatic rings. The SMILES string of the molecule is CCn1ncc(C(=O)c2cc(C)c3c(c2C)C(=NOC(C)C)CCS3(=O)=O)c1O. The van der Waals surface area contributed by atoms with E-state index < -0.39 is 15.6 Å². The zero-order chi connectivity index (χ0) is 21.5. The maximum absolute atomic E-state index is 13.2. The van der Waals surface area contributed by atoms with Gasteiger partial charge in [0.05, 0.1) is 22.6 Å². The molecule has 0 atom stereocenters. The Balaban J connectivity index is 2.23. The first kappa shape index (κ1) is 21.0. The first-order chi connectivity index (χ1) is 13.6. The minimum atomic E-state index is -3.50. The molecule has 1 aliphatic heterocycles. The normalized spacial score (nSPS) is 16.8. The Labute approximate surface area is 170 Å². The lowest BCUT2D eigenvalue weighted by atomic mass is 9.91. The number of carbonyl (C=O) groups excluding carboxylic acids is 1. The second-order valence-electron chi connectivity index (χ2n) is 7.36. The number of hydrogen-bond acceptors (Lipinski definition) is 7. The highest BCUT2D eigenvalue weighted by atomic mass is 32.2. The van der Waals surface area contributed by atoms with Crippen molar-refractivity contribution < 1.29 is 23.2 Å². The fraction of sp³-hybridized carbons (Fsp3) is 0.450. The molecule has 9 heteroatoms. The number of rotatable bonds is 5. The highest BCUT2D eigenvalue weighted by Gasteiger charge is 2.34. The van der Waals surface area contributed by atoms with E-state index in [1.54, 1.807) is 26.8 Å². The molecule has 156 valence electrons. The van der Waals surface area contributed by atoms with Crippen LogP contribution in [0.2, 0.25) is 0 Å². The van der Waals surface area contributed by atoms with Gasteiger partial charge in [0.1, 0.15) is 11.7 Å². The Morgan fingerprint density at radius 1 is 1.34 bits per heavy atom. The summed E-state index contributed by atoms with van der Waals surface area (Å²) in [6.07, 6.45) is 1.37. The van der Waals surface area contributed by atoms with Crippen molar-refractivity contribution in [2.45, 2.75) is 58.6 Å². The van der Waals surface area contributed by atoms with Crippen LogP contribution in [0.5, 0.6) is 5.88 Å². The highest BCUT2D eigenvalue weighted by Crippen LogP contribution is 2.35. The van der Waals surface area contributed by atoms with Gasteiger partial charge in [-0.3, -0.25) is 4.79 Å². The Hall–Kier alpha value is -2.68. The lowest BCUT2D eigenvalue weighted by Gasteiger charge is -2.24. The largest absolute Gasteiger partial charge is 0.493 e. The van der Waals surface area contributed by atoms with Crippen LogP contribution < -0.4 is 0 Å². The number of aromatic nitrogens is 2. The van der Waals surface area contributed by atoms with Crippen LogP contribution in [0.3, 0.4) is 0 Å². The molecular weight excluding hydrogens is 394 g/mol. The summed E-state index contributed by atoms with van der Waals surface area (Å²) in [5, 5.41) is 18.5. The van der Waals surface area contributed by atoms with E-state index in [0.29, 0.717) is 34.5 Å². The molecule has 0 saturated heterocycles. The second kappa shape index (κ2) is 7.62. The predicted molar refractivity (Wildman–Crippen MR) is 108 cm³/mol. The molecule has 0 fully saturated rings. The molecule has 0 spiro atoms. The standard InChI is InChI=1S/C20H25N3O5S/c1-6-23-20(25)15(10-21-23)18(24)14-9-12(4)19-17(13(14)5)16(22-28-11(2)3)7-8-29(19,26)27/h9-11,25H,6-8H2,1-5H3. The topological polar surface area (TPSA) is 111 Å². The average molecular weight is 420 g/mol. The van der Waals surface area contributed by atoms with Crippen molar-refractivity contribution in [1.29, 1.82) is 0 Å². The number of oxime groups is 1. The van der Waals surface area contributed by atoms with Gasteiger partial charge in [0.25, 0.3) is 0 Å². The Morgan fingerprint density at radius 3 is 2.62 bits per heavy atom. The van der Waals surface area contributed by atoms with E-state index in [-0.39, 0.29) is 34.6 Å². The van der Waals surface area contributed by atoms with E-state index >= 15 is 0 Å². The van der Waals surface area contributed by atoms with Crippen molar-refractivity contribution in [3.8, 4) is 5.88 Å². The van der Waals surface area contributed by atoms with Crippen molar-refractivity contribution in [2.75, 3.05) is 5.75 Å². The first-order valence-electron chi connectivity index (χ1n) is 9.48. The van der Waals surface area contributed by atoms with Crippen molar-refractivity contribution >= 4 is 21.3 Å². The van der Waals surface area contributed by atoms with Crippen LogP contribution in [0, 0.1) is 13.8 Å². The van der Waals surface area contributed by atoms with Crippen LogP contribution in [-0.2, 0) is 21.2 Å². The molecule has 2 heterocycles. The van der Waals surface area contributed by atoms with E-state index in [9.17, 15) is 18.3 Å². The molecule has 29 heavy (non-hydrogen) atoms. The van der Waals surface area contributed by atoms with Gasteiger partial charge in [-0.2, -0.15) is 5.10 Å². The number of aryl methyl sites for hydroxylation is 2. The lowest BCUT2D eigenvalue weighted by molar-refractivity contribution is 0.0856. The molecule has 0 saturated carbocycles. The molecular formula is C20H25N3O5S. The monoisotopic (exact) mass is 419 g/mol. The number of carbonyl (C=O) groups is 1. The fourth-order valence-corrected chi connectivity index (χ4v) is 5.31. The van der Waals surface area contributed by atoms with Crippen molar-refractivity contribution in [3.05, 3.63) is 40.1 Å². The number of nitrogens with zero attached hydrogens (tertiary/aromatic N) is 3. The van der Waals surface area contributed by atoms with E-state index in [1.165, 1.54) is 10.9 Å². The molecule has 0 unspecified atom stereocenters. The van der Waals surface area contributed by atoms with Gasteiger partial charge in [0, 0.05) is 24.1 Å². The van der Waals surface area contributed by atoms with Crippen LogP contribution in [0.25, 0.3) is 0 Å². The number of ketones is 1. The van der Waals surface area contributed by atoms with Gasteiger partial charge in [-0.25, -0.2) is 13.1 Å². The average Bonchev–Trinajstić information content (AvgIpc) is 3.02. The minimum absolute atomic E-state index is 0.0576. The summed E-state index contributed by atoms with van der Waals surface area (Å²) in [5.41, 5.74) is 2.27. The van der Waals surface area contributed by atoms with Gasteiger partial charge < -0.3 is 9.94 Å². The molecule has 2 aromatic rings. The maximum Gasteiger partial charge on any atom is 0.220 e. The van der Waals surface area contributed by atoms with Crippen LogP contribution >= 0.6 is 0 Å². The quantitative estimate of drug-likeness (QED) is 0.589. The van der Waals surface area contributed by atoms with Crippen molar-refractivity contribution in [2.24, 2.45) is 5.16 Å². The van der Waals surface area contributed by atoms with Gasteiger partial charge in [0.2, 0.25) is 5.88 Å².